The Balaban J connectivity index is 2.97. The normalized spacial score (nSPS) is 11.2. The minimum absolute atomic E-state index is 0.178. The molecule has 0 saturated carbocycles. The average Bonchev–Trinajstić information content (AvgIpc) is 2.15. The van der Waals surface area contributed by atoms with Gasteiger partial charge in [-0.15, -0.1) is 0 Å². The van der Waals surface area contributed by atoms with Gasteiger partial charge >= 0.3 is 11.9 Å². The van der Waals surface area contributed by atoms with Crippen LogP contribution in [0.25, 0.3) is 0 Å². The Bertz CT molecular complexity index is 407. The van der Waals surface area contributed by atoms with Crippen LogP contribution in [0.15, 0.2) is 12.1 Å². The Morgan fingerprint density at radius 1 is 1.56 bits per heavy atom. The molecule has 0 aromatic carbocycles. The van der Waals surface area contributed by atoms with Crippen LogP contribution in [0.5, 0.6) is 5.88 Å². The molecule has 0 aliphatic carbocycles. The molecule has 0 amide bonds. The number of carbonyl (C=O) groups is 1. The van der Waals surface area contributed by atoms with E-state index in [2.05, 4.69) is 4.98 Å². The molecule has 16 heavy (non-hydrogen) atoms. The van der Waals surface area contributed by atoms with Gasteiger partial charge in [0.25, 0.3) is 0 Å². The molecule has 0 spiro atoms. The molecule has 0 unspecified atom stereocenters. The number of rotatable bonds is 4. The quantitative estimate of drug-likeness (QED) is 0.856. The molecular formula is C10H11F2NO3. The van der Waals surface area contributed by atoms with Gasteiger partial charge in [-0.3, -0.25) is 0 Å². The zero-order valence-electron chi connectivity index (χ0n) is 8.83. The number of ether oxygens (including phenoxy) is 1. The first-order chi connectivity index (χ1) is 7.35. The van der Waals surface area contributed by atoms with E-state index in [1.807, 2.05) is 0 Å². The zero-order valence-corrected chi connectivity index (χ0v) is 8.83. The van der Waals surface area contributed by atoms with E-state index in [0.29, 0.717) is 5.69 Å². The fraction of sp³-hybridized carbons (Fsp3) is 0.400. The van der Waals surface area contributed by atoms with Crippen LogP contribution >= 0.6 is 0 Å². The molecule has 0 atom stereocenters. The summed E-state index contributed by atoms with van der Waals surface area (Å²) in [5.74, 6) is -5.73. The third-order valence-corrected chi connectivity index (χ3v) is 1.94. The summed E-state index contributed by atoms with van der Waals surface area (Å²) < 4.78 is 30.7. The minimum Gasteiger partial charge on any atom is -0.481 e. The summed E-state index contributed by atoms with van der Waals surface area (Å²) in [6.07, 6.45) is -0.873. The van der Waals surface area contributed by atoms with Gasteiger partial charge in [0.2, 0.25) is 5.88 Å². The van der Waals surface area contributed by atoms with Crippen molar-refractivity contribution < 1.29 is 23.4 Å². The van der Waals surface area contributed by atoms with Crippen LogP contribution < -0.4 is 4.74 Å². The Kier molecular flexibility index (Phi) is 3.41. The predicted octanol–water partition coefficient (Wildman–Crippen LogP) is 1.66. The van der Waals surface area contributed by atoms with Crippen LogP contribution in [0.4, 0.5) is 8.78 Å². The number of hydrogen-bond donors (Lipinski definition) is 1. The van der Waals surface area contributed by atoms with E-state index in [1.165, 1.54) is 19.2 Å². The molecule has 0 bridgehead atoms. The third kappa shape index (κ3) is 2.88. The van der Waals surface area contributed by atoms with E-state index in [1.54, 1.807) is 6.92 Å². The molecule has 0 saturated heterocycles. The fourth-order valence-electron chi connectivity index (χ4n) is 1.25. The lowest BCUT2D eigenvalue weighted by molar-refractivity contribution is -0.164. The van der Waals surface area contributed by atoms with Crippen LogP contribution in [0.1, 0.15) is 11.3 Å². The average molecular weight is 231 g/mol. The van der Waals surface area contributed by atoms with E-state index in [9.17, 15) is 13.6 Å². The number of hydrogen-bond acceptors (Lipinski definition) is 3. The summed E-state index contributed by atoms with van der Waals surface area (Å²) in [5.41, 5.74) is 0.673. The van der Waals surface area contributed by atoms with Crippen molar-refractivity contribution in [1.29, 1.82) is 0 Å². The molecule has 1 aromatic rings. The maximum Gasteiger partial charge on any atom is 0.374 e. The van der Waals surface area contributed by atoms with Crippen molar-refractivity contribution in [3.8, 4) is 5.88 Å². The number of aliphatic carboxylic acids is 1. The molecule has 0 aliphatic heterocycles. The Labute approximate surface area is 90.9 Å². The Hall–Kier alpha value is -1.72. The van der Waals surface area contributed by atoms with Gasteiger partial charge in [0.1, 0.15) is 0 Å². The second-order valence-electron chi connectivity index (χ2n) is 3.35. The number of pyridine rings is 1. The standard InChI is InChI=1S/C10H11F2NO3/c1-6-3-7(4-8(13-6)16-2)5-10(11,12)9(14)15/h3-4H,5H2,1-2H3,(H,14,15). The molecule has 1 heterocycles. The summed E-state index contributed by atoms with van der Waals surface area (Å²) >= 11 is 0. The molecule has 1 N–H and O–H groups in total. The van der Waals surface area contributed by atoms with Gasteiger partial charge in [-0.25, -0.2) is 9.78 Å². The first-order valence-corrected chi connectivity index (χ1v) is 4.48. The summed E-state index contributed by atoms with van der Waals surface area (Å²) in [7, 11) is 1.36. The molecule has 6 heteroatoms. The summed E-state index contributed by atoms with van der Waals surface area (Å²) in [4.78, 5) is 14.2. The van der Waals surface area contributed by atoms with Crippen molar-refractivity contribution in [2.45, 2.75) is 19.3 Å². The van der Waals surface area contributed by atoms with Crippen molar-refractivity contribution in [1.82, 2.24) is 4.98 Å². The van der Waals surface area contributed by atoms with E-state index in [4.69, 9.17) is 9.84 Å². The number of methoxy groups -OCH3 is 1. The van der Waals surface area contributed by atoms with Crippen LogP contribution in [-0.2, 0) is 11.2 Å². The number of aromatic nitrogens is 1. The number of nitrogens with zero attached hydrogens (tertiary/aromatic N) is 1. The highest BCUT2D eigenvalue weighted by Crippen LogP contribution is 2.22. The topological polar surface area (TPSA) is 59.4 Å². The SMILES string of the molecule is COc1cc(CC(F)(F)C(=O)O)cc(C)n1. The molecule has 1 rings (SSSR count). The molecule has 88 valence electrons. The minimum atomic E-state index is -3.78. The largest absolute Gasteiger partial charge is 0.481 e. The highest BCUT2D eigenvalue weighted by molar-refractivity contribution is 5.75. The van der Waals surface area contributed by atoms with E-state index in [0.717, 1.165) is 0 Å². The van der Waals surface area contributed by atoms with Gasteiger partial charge < -0.3 is 9.84 Å². The smallest absolute Gasteiger partial charge is 0.374 e. The molecule has 0 radical (unpaired) electrons. The van der Waals surface area contributed by atoms with E-state index >= 15 is 0 Å². The summed E-state index contributed by atoms with van der Waals surface area (Å²) in [6, 6.07) is 2.70. The maximum absolute atomic E-state index is 12.9. The fourth-order valence-corrected chi connectivity index (χ4v) is 1.25. The van der Waals surface area contributed by atoms with Crippen molar-refractivity contribution in [2.24, 2.45) is 0 Å². The molecule has 4 nitrogen and oxygen atoms in total. The number of carboxylic acids is 1. The summed E-state index contributed by atoms with van der Waals surface area (Å²) in [6.45, 7) is 1.62. The molecule has 0 aliphatic rings. The Morgan fingerprint density at radius 3 is 2.69 bits per heavy atom. The maximum atomic E-state index is 12.9. The zero-order chi connectivity index (χ0) is 12.3. The third-order valence-electron chi connectivity index (χ3n) is 1.94. The van der Waals surface area contributed by atoms with Gasteiger partial charge in [0.05, 0.1) is 7.11 Å². The van der Waals surface area contributed by atoms with Gasteiger partial charge in [-0.05, 0) is 18.6 Å². The van der Waals surface area contributed by atoms with Crippen LogP contribution in [-0.4, -0.2) is 29.1 Å². The Morgan fingerprint density at radius 2 is 2.19 bits per heavy atom. The highest BCUT2D eigenvalue weighted by Gasteiger charge is 2.38. The molecule has 0 fully saturated rings. The first-order valence-electron chi connectivity index (χ1n) is 4.48. The van der Waals surface area contributed by atoms with Crippen molar-refractivity contribution >= 4 is 5.97 Å². The summed E-state index contributed by atoms with van der Waals surface area (Å²) in [5, 5.41) is 8.30. The second kappa shape index (κ2) is 4.42. The molecule has 1 aromatic heterocycles. The monoisotopic (exact) mass is 231 g/mol. The van der Waals surface area contributed by atoms with Gasteiger partial charge in [-0.1, -0.05) is 0 Å². The van der Waals surface area contributed by atoms with Crippen molar-refractivity contribution in [3.05, 3.63) is 23.4 Å². The van der Waals surface area contributed by atoms with E-state index < -0.39 is 18.3 Å². The van der Waals surface area contributed by atoms with Crippen molar-refractivity contribution in [2.75, 3.05) is 7.11 Å². The number of carboxylic acid groups (broad SMARTS) is 1. The lowest BCUT2D eigenvalue weighted by Crippen LogP contribution is -2.30. The highest BCUT2D eigenvalue weighted by atomic mass is 19.3. The predicted molar refractivity (Wildman–Crippen MR) is 51.8 cm³/mol. The molecular weight excluding hydrogens is 220 g/mol. The number of halogens is 2. The van der Waals surface area contributed by atoms with Gasteiger partial charge in [0.15, 0.2) is 0 Å². The van der Waals surface area contributed by atoms with Crippen LogP contribution in [0.2, 0.25) is 0 Å². The van der Waals surface area contributed by atoms with Gasteiger partial charge in [-0.2, -0.15) is 8.78 Å². The lowest BCUT2D eigenvalue weighted by atomic mass is 10.1. The van der Waals surface area contributed by atoms with Gasteiger partial charge in [0, 0.05) is 18.2 Å². The van der Waals surface area contributed by atoms with Crippen molar-refractivity contribution in [3.63, 3.8) is 0 Å². The number of alkyl halides is 2. The van der Waals surface area contributed by atoms with Crippen LogP contribution in [0.3, 0.4) is 0 Å². The second-order valence-corrected chi connectivity index (χ2v) is 3.35. The van der Waals surface area contributed by atoms with E-state index in [-0.39, 0.29) is 11.4 Å². The number of aryl methyl sites for hydroxylation is 1. The van der Waals surface area contributed by atoms with Crippen LogP contribution in [0, 0.1) is 6.92 Å². The lowest BCUT2D eigenvalue weighted by Gasteiger charge is -2.12. The first kappa shape index (κ1) is 12.4.